The van der Waals surface area contributed by atoms with Crippen LogP contribution < -0.4 is 0 Å². The van der Waals surface area contributed by atoms with Gasteiger partial charge >= 0.3 is 0 Å². The second-order valence-corrected chi connectivity index (χ2v) is 4.22. The van der Waals surface area contributed by atoms with Crippen LogP contribution in [0.25, 0.3) is 0 Å². The first-order valence-electron chi connectivity index (χ1n) is 5.12. The molecule has 0 aliphatic carbocycles. The summed E-state index contributed by atoms with van der Waals surface area (Å²) in [6, 6.07) is 0. The van der Waals surface area contributed by atoms with Gasteiger partial charge in [0.15, 0.2) is 0 Å². The van der Waals surface area contributed by atoms with Gasteiger partial charge in [-0.15, -0.1) is 0 Å². The Hall–Kier alpha value is 0.400. The molecular weight excluding hydrogens is 232 g/mol. The predicted octanol–water partition coefficient (Wildman–Crippen LogP) is 2.60. The standard InChI is InChI=1S/C10H19BrO2/c1-2-9(7-11)8-13-10-3-5-12-6-4-10/h9-10H,2-8H2,1H3. The van der Waals surface area contributed by atoms with Crippen LogP contribution in [0, 0.1) is 5.92 Å². The highest BCUT2D eigenvalue weighted by Gasteiger charge is 2.15. The van der Waals surface area contributed by atoms with Gasteiger partial charge in [-0.2, -0.15) is 0 Å². The van der Waals surface area contributed by atoms with Crippen molar-refractivity contribution in [2.45, 2.75) is 32.3 Å². The van der Waals surface area contributed by atoms with Crippen LogP contribution in [0.2, 0.25) is 0 Å². The van der Waals surface area contributed by atoms with Gasteiger partial charge in [0, 0.05) is 18.5 Å². The van der Waals surface area contributed by atoms with E-state index in [2.05, 4.69) is 22.9 Å². The van der Waals surface area contributed by atoms with E-state index in [1.807, 2.05) is 0 Å². The molecular formula is C10H19BrO2. The number of rotatable bonds is 5. The van der Waals surface area contributed by atoms with Crippen molar-refractivity contribution in [2.24, 2.45) is 5.92 Å². The van der Waals surface area contributed by atoms with Crippen molar-refractivity contribution < 1.29 is 9.47 Å². The molecule has 0 amide bonds. The molecule has 0 aromatic rings. The highest BCUT2D eigenvalue weighted by Crippen LogP contribution is 2.14. The molecule has 0 N–H and O–H groups in total. The average molecular weight is 251 g/mol. The molecule has 2 nitrogen and oxygen atoms in total. The Kier molecular flexibility index (Phi) is 6.00. The van der Waals surface area contributed by atoms with Gasteiger partial charge in [-0.3, -0.25) is 0 Å². The van der Waals surface area contributed by atoms with E-state index in [0.717, 1.165) is 38.0 Å². The monoisotopic (exact) mass is 250 g/mol. The minimum atomic E-state index is 0.446. The number of alkyl halides is 1. The summed E-state index contributed by atoms with van der Waals surface area (Å²) >= 11 is 3.50. The molecule has 0 radical (unpaired) electrons. The summed E-state index contributed by atoms with van der Waals surface area (Å²) in [4.78, 5) is 0. The molecule has 0 spiro atoms. The van der Waals surface area contributed by atoms with Crippen molar-refractivity contribution in [2.75, 3.05) is 25.2 Å². The number of hydrogen-bond donors (Lipinski definition) is 0. The number of hydrogen-bond acceptors (Lipinski definition) is 2. The van der Waals surface area contributed by atoms with E-state index < -0.39 is 0 Å². The highest BCUT2D eigenvalue weighted by atomic mass is 79.9. The van der Waals surface area contributed by atoms with E-state index in [0.29, 0.717) is 12.0 Å². The third-order valence-electron chi connectivity index (χ3n) is 2.53. The molecule has 1 aliphatic rings. The lowest BCUT2D eigenvalue weighted by atomic mass is 10.1. The lowest BCUT2D eigenvalue weighted by Gasteiger charge is -2.24. The normalized spacial score (nSPS) is 21.7. The van der Waals surface area contributed by atoms with Crippen LogP contribution >= 0.6 is 15.9 Å². The van der Waals surface area contributed by atoms with Gasteiger partial charge in [0.2, 0.25) is 0 Å². The van der Waals surface area contributed by atoms with Crippen LogP contribution in [0.3, 0.4) is 0 Å². The summed E-state index contributed by atoms with van der Waals surface area (Å²) in [6.45, 7) is 4.84. The minimum absolute atomic E-state index is 0.446. The molecule has 0 aromatic carbocycles. The number of halogens is 1. The maximum Gasteiger partial charge on any atom is 0.0619 e. The third-order valence-corrected chi connectivity index (χ3v) is 3.45. The van der Waals surface area contributed by atoms with Gasteiger partial charge in [0.05, 0.1) is 12.7 Å². The first kappa shape index (κ1) is 11.5. The molecule has 1 unspecified atom stereocenters. The average Bonchev–Trinajstić information content (AvgIpc) is 2.21. The summed E-state index contributed by atoms with van der Waals surface area (Å²) in [7, 11) is 0. The maximum atomic E-state index is 5.82. The van der Waals surface area contributed by atoms with Crippen molar-refractivity contribution in [3.63, 3.8) is 0 Å². The molecule has 0 aromatic heterocycles. The Morgan fingerprint density at radius 2 is 2.15 bits per heavy atom. The van der Waals surface area contributed by atoms with Crippen LogP contribution in [0.5, 0.6) is 0 Å². The number of ether oxygens (including phenoxy) is 2. The first-order valence-corrected chi connectivity index (χ1v) is 6.24. The topological polar surface area (TPSA) is 18.5 Å². The van der Waals surface area contributed by atoms with E-state index in [9.17, 15) is 0 Å². The third kappa shape index (κ3) is 4.43. The fraction of sp³-hybridized carbons (Fsp3) is 1.00. The highest BCUT2D eigenvalue weighted by molar-refractivity contribution is 9.09. The molecule has 78 valence electrons. The summed E-state index contributed by atoms with van der Waals surface area (Å²) in [5, 5.41) is 1.05. The fourth-order valence-electron chi connectivity index (χ4n) is 1.39. The van der Waals surface area contributed by atoms with Crippen molar-refractivity contribution >= 4 is 15.9 Å². The molecule has 3 heteroatoms. The summed E-state index contributed by atoms with van der Waals surface area (Å²) in [6.07, 6.45) is 3.77. The Morgan fingerprint density at radius 1 is 1.46 bits per heavy atom. The van der Waals surface area contributed by atoms with E-state index in [1.165, 1.54) is 6.42 Å². The second kappa shape index (κ2) is 6.80. The molecule has 1 rings (SSSR count). The van der Waals surface area contributed by atoms with Crippen LogP contribution in [0.15, 0.2) is 0 Å². The Balaban J connectivity index is 2.09. The van der Waals surface area contributed by atoms with Gasteiger partial charge in [0.25, 0.3) is 0 Å². The van der Waals surface area contributed by atoms with E-state index in [4.69, 9.17) is 9.47 Å². The Labute approximate surface area is 89.1 Å². The molecule has 13 heavy (non-hydrogen) atoms. The van der Waals surface area contributed by atoms with Gasteiger partial charge in [0.1, 0.15) is 0 Å². The van der Waals surface area contributed by atoms with Crippen LogP contribution in [-0.4, -0.2) is 31.3 Å². The van der Waals surface area contributed by atoms with E-state index >= 15 is 0 Å². The van der Waals surface area contributed by atoms with E-state index in [-0.39, 0.29) is 0 Å². The molecule has 1 saturated heterocycles. The molecule has 1 aliphatic heterocycles. The van der Waals surface area contributed by atoms with Gasteiger partial charge in [-0.1, -0.05) is 29.3 Å². The summed E-state index contributed by atoms with van der Waals surface area (Å²) in [5.41, 5.74) is 0. The van der Waals surface area contributed by atoms with Crippen LogP contribution in [0.1, 0.15) is 26.2 Å². The quantitative estimate of drug-likeness (QED) is 0.699. The van der Waals surface area contributed by atoms with Gasteiger partial charge in [-0.05, 0) is 18.8 Å². The van der Waals surface area contributed by atoms with Gasteiger partial charge < -0.3 is 9.47 Å². The maximum absolute atomic E-state index is 5.82. The van der Waals surface area contributed by atoms with Crippen LogP contribution in [-0.2, 0) is 9.47 Å². The zero-order valence-electron chi connectivity index (χ0n) is 8.30. The SMILES string of the molecule is CCC(CBr)COC1CCOCC1. The lowest BCUT2D eigenvalue weighted by Crippen LogP contribution is -2.26. The predicted molar refractivity (Wildman–Crippen MR) is 57.4 cm³/mol. The van der Waals surface area contributed by atoms with E-state index in [1.54, 1.807) is 0 Å². The molecule has 1 fully saturated rings. The zero-order chi connectivity index (χ0) is 9.52. The van der Waals surface area contributed by atoms with Crippen molar-refractivity contribution in [1.82, 2.24) is 0 Å². The smallest absolute Gasteiger partial charge is 0.0619 e. The summed E-state index contributed by atoms with van der Waals surface area (Å²) < 4.78 is 11.1. The summed E-state index contributed by atoms with van der Waals surface area (Å²) in [5.74, 6) is 0.669. The van der Waals surface area contributed by atoms with Crippen molar-refractivity contribution in [3.8, 4) is 0 Å². The second-order valence-electron chi connectivity index (χ2n) is 3.57. The Bertz CT molecular complexity index is 120. The van der Waals surface area contributed by atoms with Crippen molar-refractivity contribution in [3.05, 3.63) is 0 Å². The zero-order valence-corrected chi connectivity index (χ0v) is 9.88. The van der Waals surface area contributed by atoms with Crippen molar-refractivity contribution in [1.29, 1.82) is 0 Å². The molecule has 0 bridgehead atoms. The van der Waals surface area contributed by atoms with Crippen LogP contribution in [0.4, 0.5) is 0 Å². The molecule has 1 atom stereocenters. The molecule has 0 saturated carbocycles. The van der Waals surface area contributed by atoms with Gasteiger partial charge in [-0.25, -0.2) is 0 Å². The minimum Gasteiger partial charge on any atom is -0.381 e. The largest absolute Gasteiger partial charge is 0.381 e. The first-order chi connectivity index (χ1) is 6.36. The fourth-order valence-corrected chi connectivity index (χ4v) is 2.03. The Morgan fingerprint density at radius 3 is 2.69 bits per heavy atom. The lowest BCUT2D eigenvalue weighted by molar-refractivity contribution is -0.0408. The molecule has 1 heterocycles.